The maximum atomic E-state index is 5.38. The summed E-state index contributed by atoms with van der Waals surface area (Å²) in [6, 6.07) is 0.673. The highest BCUT2D eigenvalue weighted by Gasteiger charge is 2.25. The molecule has 0 saturated heterocycles. The van der Waals surface area contributed by atoms with E-state index in [2.05, 4.69) is 22.4 Å². The highest BCUT2D eigenvalue weighted by molar-refractivity contribution is 4.97. The fourth-order valence-corrected chi connectivity index (χ4v) is 2.62. The maximum absolute atomic E-state index is 5.38. The lowest BCUT2D eigenvalue weighted by molar-refractivity contribution is 0.199. The molecule has 1 N–H and O–H groups in total. The normalized spacial score (nSPS) is 23.7. The number of rotatable bonds is 7. The second-order valence-electron chi connectivity index (χ2n) is 5.29. The second kappa shape index (κ2) is 7.60. The number of nitrogens with one attached hydrogen (secondary N) is 1. The third kappa shape index (κ3) is 4.28. The van der Waals surface area contributed by atoms with Crippen LogP contribution in [-0.2, 0) is 11.2 Å². The van der Waals surface area contributed by atoms with Gasteiger partial charge in [-0.1, -0.05) is 12.1 Å². The Morgan fingerprint density at radius 3 is 2.79 bits per heavy atom. The van der Waals surface area contributed by atoms with E-state index < -0.39 is 0 Å². The van der Waals surface area contributed by atoms with E-state index in [1.807, 2.05) is 0 Å². The minimum absolute atomic E-state index is 0.448. The van der Waals surface area contributed by atoms with Gasteiger partial charge in [-0.15, -0.1) is 0 Å². The number of aromatic nitrogens is 2. The van der Waals surface area contributed by atoms with Gasteiger partial charge in [0.2, 0.25) is 5.89 Å². The first kappa shape index (κ1) is 14.5. The van der Waals surface area contributed by atoms with Crippen LogP contribution in [0, 0.1) is 0 Å². The molecule has 1 aromatic rings. The van der Waals surface area contributed by atoms with Gasteiger partial charge in [-0.05, 0) is 38.6 Å². The monoisotopic (exact) mass is 267 g/mol. The first-order valence-electron chi connectivity index (χ1n) is 7.38. The third-order valence-electron chi connectivity index (χ3n) is 3.77. The number of methoxy groups -OCH3 is 1. The molecule has 1 aromatic heterocycles. The van der Waals surface area contributed by atoms with E-state index in [1.165, 1.54) is 19.3 Å². The van der Waals surface area contributed by atoms with Gasteiger partial charge >= 0.3 is 0 Å². The van der Waals surface area contributed by atoms with E-state index in [0.29, 0.717) is 18.6 Å². The Morgan fingerprint density at radius 2 is 2.11 bits per heavy atom. The molecule has 1 aliphatic carbocycles. The molecule has 0 unspecified atom stereocenters. The standard InChI is InChI=1S/C14H25N3O2/c1-3-9-15-12-6-4-11(5-7-12)14-16-13(17-19-14)8-10-18-2/h11-12,15H,3-10H2,1-2H3. The summed E-state index contributed by atoms with van der Waals surface area (Å²) in [6.07, 6.45) is 6.64. The molecule has 5 heteroatoms. The van der Waals surface area contributed by atoms with Crippen molar-refractivity contribution in [1.29, 1.82) is 0 Å². The molecule has 19 heavy (non-hydrogen) atoms. The summed E-state index contributed by atoms with van der Waals surface area (Å²) >= 11 is 0. The van der Waals surface area contributed by atoms with Crippen LogP contribution in [0.25, 0.3) is 0 Å². The summed E-state index contributed by atoms with van der Waals surface area (Å²) in [5, 5.41) is 7.61. The van der Waals surface area contributed by atoms with Crippen LogP contribution in [0.1, 0.15) is 56.7 Å². The largest absolute Gasteiger partial charge is 0.384 e. The number of hydrogen-bond acceptors (Lipinski definition) is 5. The van der Waals surface area contributed by atoms with Gasteiger partial charge in [-0.2, -0.15) is 4.98 Å². The van der Waals surface area contributed by atoms with Crippen molar-refractivity contribution in [2.24, 2.45) is 0 Å². The van der Waals surface area contributed by atoms with Gasteiger partial charge in [-0.25, -0.2) is 0 Å². The van der Waals surface area contributed by atoms with Gasteiger partial charge in [0, 0.05) is 25.5 Å². The highest BCUT2D eigenvalue weighted by Crippen LogP contribution is 2.31. The number of ether oxygens (including phenoxy) is 1. The summed E-state index contributed by atoms with van der Waals surface area (Å²) in [6.45, 7) is 3.97. The molecule has 0 aromatic carbocycles. The summed E-state index contributed by atoms with van der Waals surface area (Å²) in [5.74, 6) is 2.03. The van der Waals surface area contributed by atoms with Crippen molar-refractivity contribution in [2.75, 3.05) is 20.3 Å². The quantitative estimate of drug-likeness (QED) is 0.821. The zero-order chi connectivity index (χ0) is 13.5. The minimum Gasteiger partial charge on any atom is -0.384 e. The summed E-state index contributed by atoms with van der Waals surface area (Å²) in [5.41, 5.74) is 0. The first-order valence-corrected chi connectivity index (χ1v) is 7.38. The fraction of sp³-hybridized carbons (Fsp3) is 0.857. The molecule has 0 aliphatic heterocycles. The number of hydrogen-bond donors (Lipinski definition) is 1. The molecule has 5 nitrogen and oxygen atoms in total. The van der Waals surface area contributed by atoms with Crippen LogP contribution in [0.15, 0.2) is 4.52 Å². The SMILES string of the molecule is CCCNC1CCC(c2nc(CCOC)no2)CC1. The number of nitrogens with zero attached hydrogens (tertiary/aromatic N) is 2. The van der Waals surface area contributed by atoms with E-state index in [9.17, 15) is 0 Å². The molecule has 0 atom stereocenters. The molecule has 0 bridgehead atoms. The Labute approximate surface area is 115 Å². The average molecular weight is 267 g/mol. The fourth-order valence-electron chi connectivity index (χ4n) is 2.62. The molecular weight excluding hydrogens is 242 g/mol. The molecule has 1 aliphatic rings. The average Bonchev–Trinajstić information content (AvgIpc) is 2.92. The summed E-state index contributed by atoms with van der Waals surface area (Å²) in [7, 11) is 1.69. The highest BCUT2D eigenvalue weighted by atomic mass is 16.5. The van der Waals surface area contributed by atoms with Crippen LogP contribution in [0.5, 0.6) is 0 Å². The molecule has 0 spiro atoms. The molecule has 108 valence electrons. The molecule has 0 amide bonds. The zero-order valence-corrected chi connectivity index (χ0v) is 12.0. The molecule has 1 heterocycles. The van der Waals surface area contributed by atoms with Crippen LogP contribution in [0.2, 0.25) is 0 Å². The van der Waals surface area contributed by atoms with Crippen molar-refractivity contribution in [3.05, 3.63) is 11.7 Å². The van der Waals surface area contributed by atoms with Crippen molar-refractivity contribution in [3.63, 3.8) is 0 Å². The van der Waals surface area contributed by atoms with Gasteiger partial charge in [0.05, 0.1) is 6.61 Å². The first-order chi connectivity index (χ1) is 9.33. The lowest BCUT2D eigenvalue weighted by Crippen LogP contribution is -2.33. The van der Waals surface area contributed by atoms with Crippen molar-refractivity contribution < 1.29 is 9.26 Å². The van der Waals surface area contributed by atoms with E-state index in [-0.39, 0.29) is 0 Å². The van der Waals surface area contributed by atoms with Gasteiger partial charge < -0.3 is 14.6 Å². The minimum atomic E-state index is 0.448. The third-order valence-corrected chi connectivity index (χ3v) is 3.77. The lowest BCUT2D eigenvalue weighted by Gasteiger charge is -2.27. The topological polar surface area (TPSA) is 60.2 Å². The molecule has 1 fully saturated rings. The lowest BCUT2D eigenvalue weighted by atomic mass is 9.86. The van der Waals surface area contributed by atoms with Gasteiger partial charge in [0.1, 0.15) is 0 Å². The van der Waals surface area contributed by atoms with Crippen LogP contribution in [-0.4, -0.2) is 36.4 Å². The Balaban J connectivity index is 1.78. The van der Waals surface area contributed by atoms with E-state index in [1.54, 1.807) is 7.11 Å². The zero-order valence-electron chi connectivity index (χ0n) is 12.0. The van der Waals surface area contributed by atoms with Crippen LogP contribution >= 0.6 is 0 Å². The maximum Gasteiger partial charge on any atom is 0.229 e. The van der Waals surface area contributed by atoms with Gasteiger partial charge in [-0.3, -0.25) is 0 Å². The van der Waals surface area contributed by atoms with Crippen molar-refractivity contribution in [1.82, 2.24) is 15.5 Å². The Kier molecular flexibility index (Phi) is 5.79. The Bertz CT molecular complexity index is 359. The van der Waals surface area contributed by atoms with Crippen LogP contribution in [0.4, 0.5) is 0 Å². The van der Waals surface area contributed by atoms with E-state index >= 15 is 0 Å². The van der Waals surface area contributed by atoms with Crippen LogP contribution in [0.3, 0.4) is 0 Å². The Hall–Kier alpha value is -0.940. The second-order valence-corrected chi connectivity index (χ2v) is 5.29. The summed E-state index contributed by atoms with van der Waals surface area (Å²) in [4.78, 5) is 4.48. The molecule has 0 radical (unpaired) electrons. The van der Waals surface area contributed by atoms with Crippen molar-refractivity contribution in [3.8, 4) is 0 Å². The van der Waals surface area contributed by atoms with Crippen molar-refractivity contribution >= 4 is 0 Å². The van der Waals surface area contributed by atoms with Crippen LogP contribution < -0.4 is 5.32 Å². The molecular formula is C14H25N3O2. The van der Waals surface area contributed by atoms with E-state index in [4.69, 9.17) is 9.26 Å². The van der Waals surface area contributed by atoms with Gasteiger partial charge in [0.15, 0.2) is 5.82 Å². The van der Waals surface area contributed by atoms with Crippen molar-refractivity contribution in [2.45, 2.75) is 57.4 Å². The predicted octanol–water partition coefficient (Wildman–Crippen LogP) is 2.28. The van der Waals surface area contributed by atoms with E-state index in [0.717, 1.165) is 37.5 Å². The Morgan fingerprint density at radius 1 is 1.32 bits per heavy atom. The summed E-state index contributed by atoms with van der Waals surface area (Å²) < 4.78 is 10.4. The van der Waals surface area contributed by atoms with Gasteiger partial charge in [0.25, 0.3) is 0 Å². The predicted molar refractivity (Wildman–Crippen MR) is 73.2 cm³/mol. The molecule has 2 rings (SSSR count). The molecule has 1 saturated carbocycles. The smallest absolute Gasteiger partial charge is 0.229 e.